The van der Waals surface area contributed by atoms with E-state index in [0.29, 0.717) is 12.8 Å². The van der Waals surface area contributed by atoms with Crippen molar-refractivity contribution in [2.45, 2.75) is 31.7 Å². The van der Waals surface area contributed by atoms with Gasteiger partial charge in [-0.05, 0) is 35.7 Å². The van der Waals surface area contributed by atoms with Gasteiger partial charge in [-0.1, -0.05) is 18.6 Å². The molecule has 22 heavy (non-hydrogen) atoms. The number of carbonyl (C=O) groups is 2. The van der Waals surface area contributed by atoms with Gasteiger partial charge in [0.1, 0.15) is 0 Å². The molecular formula is C16H17NO3S2. The summed E-state index contributed by atoms with van der Waals surface area (Å²) in [6, 6.07) is 7.71. The minimum atomic E-state index is -0.849. The lowest BCUT2D eigenvalue weighted by Gasteiger charge is -2.37. The molecule has 6 heteroatoms. The van der Waals surface area contributed by atoms with E-state index >= 15 is 0 Å². The number of carboxylic acid groups (broad SMARTS) is 1. The number of amides is 1. The molecule has 0 atom stereocenters. The first kappa shape index (κ1) is 15.2. The minimum absolute atomic E-state index is 0.0651. The Bertz CT molecular complexity index is 611. The normalized spacial score (nSPS) is 16.2. The summed E-state index contributed by atoms with van der Waals surface area (Å²) in [5.41, 5.74) is -0.848. The van der Waals surface area contributed by atoms with E-state index in [1.54, 1.807) is 22.7 Å². The van der Waals surface area contributed by atoms with Crippen molar-refractivity contribution in [3.05, 3.63) is 44.8 Å². The molecule has 0 bridgehead atoms. The number of carbonyl (C=O) groups excluding carboxylic acids is 1. The maximum absolute atomic E-state index is 12.4. The maximum Gasteiger partial charge on any atom is 0.310 e. The zero-order valence-corrected chi connectivity index (χ0v) is 13.6. The predicted molar refractivity (Wildman–Crippen MR) is 87.2 cm³/mol. The zero-order chi connectivity index (χ0) is 15.6. The minimum Gasteiger partial charge on any atom is -0.481 e. The van der Waals surface area contributed by atoms with Gasteiger partial charge in [0, 0.05) is 16.2 Å². The molecule has 2 N–H and O–H groups in total. The molecule has 4 nitrogen and oxygen atoms in total. The highest BCUT2D eigenvalue weighted by molar-refractivity contribution is 7.11. The van der Waals surface area contributed by atoms with Gasteiger partial charge in [0.2, 0.25) is 5.91 Å². The average molecular weight is 335 g/mol. The first-order valence-electron chi connectivity index (χ1n) is 7.20. The Morgan fingerprint density at radius 2 is 1.77 bits per heavy atom. The lowest BCUT2D eigenvalue weighted by Crippen LogP contribution is -2.43. The highest BCUT2D eigenvalue weighted by Gasteiger charge is 2.46. The van der Waals surface area contributed by atoms with Gasteiger partial charge >= 0.3 is 5.97 Å². The predicted octanol–water partition coefficient (Wildman–Crippen LogP) is 3.66. The van der Waals surface area contributed by atoms with Crippen LogP contribution in [0.15, 0.2) is 35.0 Å². The maximum atomic E-state index is 12.4. The summed E-state index contributed by atoms with van der Waals surface area (Å²) in [5.74, 6) is -1.04. The van der Waals surface area contributed by atoms with E-state index in [1.165, 1.54) is 0 Å². The van der Waals surface area contributed by atoms with Gasteiger partial charge in [-0.25, -0.2) is 0 Å². The topological polar surface area (TPSA) is 66.4 Å². The van der Waals surface area contributed by atoms with Crippen LogP contribution in [0.4, 0.5) is 0 Å². The fourth-order valence-electron chi connectivity index (χ4n) is 2.78. The number of thiophene rings is 2. The second-order valence-corrected chi connectivity index (χ2v) is 7.61. The molecule has 2 heterocycles. The Morgan fingerprint density at radius 1 is 1.18 bits per heavy atom. The van der Waals surface area contributed by atoms with Crippen molar-refractivity contribution in [2.75, 3.05) is 0 Å². The third-order valence-electron chi connectivity index (χ3n) is 4.22. The summed E-state index contributed by atoms with van der Waals surface area (Å²) < 4.78 is 0. The summed E-state index contributed by atoms with van der Waals surface area (Å²) in [6.45, 7) is 0. The first-order valence-corrected chi connectivity index (χ1v) is 8.96. The van der Waals surface area contributed by atoms with E-state index in [4.69, 9.17) is 0 Å². The van der Waals surface area contributed by atoms with E-state index < -0.39 is 11.4 Å². The molecule has 0 radical (unpaired) electrons. The molecule has 0 saturated heterocycles. The lowest BCUT2D eigenvalue weighted by molar-refractivity contribution is -0.157. The number of rotatable bonds is 6. The van der Waals surface area contributed by atoms with Gasteiger partial charge in [-0.15, -0.1) is 22.7 Å². The van der Waals surface area contributed by atoms with Crippen molar-refractivity contribution in [3.63, 3.8) is 0 Å². The third-order valence-corrected chi connectivity index (χ3v) is 6.10. The van der Waals surface area contributed by atoms with Crippen LogP contribution < -0.4 is 5.32 Å². The lowest BCUT2D eigenvalue weighted by atomic mass is 9.66. The Kier molecular flexibility index (Phi) is 4.31. The van der Waals surface area contributed by atoms with Crippen molar-refractivity contribution in [3.8, 4) is 0 Å². The Morgan fingerprint density at radius 3 is 2.14 bits per heavy atom. The molecule has 0 spiro atoms. The van der Waals surface area contributed by atoms with E-state index in [0.717, 1.165) is 16.2 Å². The molecule has 2 aromatic heterocycles. The van der Waals surface area contributed by atoms with Crippen LogP contribution in [0.1, 0.15) is 41.5 Å². The monoisotopic (exact) mass is 335 g/mol. The Hall–Kier alpha value is -1.66. The van der Waals surface area contributed by atoms with Crippen LogP contribution in [0.5, 0.6) is 0 Å². The summed E-state index contributed by atoms with van der Waals surface area (Å²) in [5, 5.41) is 16.3. The average Bonchev–Trinajstić information content (AvgIpc) is 3.12. The standard InChI is InChI=1S/C16H17NO3S2/c18-13(10-16(15(19)20)6-3-7-16)17-14(11-4-1-8-21-11)12-5-2-9-22-12/h1-2,4-5,8-9,14H,3,6-7,10H2,(H,17,18)(H,19,20). The van der Waals surface area contributed by atoms with Crippen molar-refractivity contribution in [1.82, 2.24) is 5.32 Å². The third kappa shape index (κ3) is 2.94. The van der Waals surface area contributed by atoms with Crippen LogP contribution in [-0.2, 0) is 9.59 Å². The summed E-state index contributed by atoms with van der Waals surface area (Å²) in [4.78, 5) is 25.9. The zero-order valence-electron chi connectivity index (χ0n) is 12.0. The second-order valence-electron chi connectivity index (χ2n) is 5.65. The molecular weight excluding hydrogens is 318 g/mol. The number of nitrogens with one attached hydrogen (secondary N) is 1. The molecule has 0 unspecified atom stereocenters. The SMILES string of the molecule is O=C(CC1(C(=O)O)CCC1)NC(c1cccs1)c1cccs1. The van der Waals surface area contributed by atoms with E-state index in [9.17, 15) is 14.7 Å². The number of hydrogen-bond donors (Lipinski definition) is 2. The van der Waals surface area contributed by atoms with Gasteiger partial charge < -0.3 is 10.4 Å². The largest absolute Gasteiger partial charge is 0.481 e. The highest BCUT2D eigenvalue weighted by Crippen LogP contribution is 2.44. The van der Waals surface area contributed by atoms with Crippen LogP contribution in [0.2, 0.25) is 0 Å². The van der Waals surface area contributed by atoms with E-state index in [1.807, 2.05) is 35.0 Å². The van der Waals surface area contributed by atoms with Gasteiger partial charge in [-0.3, -0.25) is 9.59 Å². The summed E-state index contributed by atoms with van der Waals surface area (Å²) in [6.07, 6.45) is 2.14. The molecule has 1 saturated carbocycles. The van der Waals surface area contributed by atoms with Crippen molar-refractivity contribution < 1.29 is 14.7 Å². The first-order chi connectivity index (χ1) is 10.6. The van der Waals surface area contributed by atoms with Crippen LogP contribution >= 0.6 is 22.7 Å². The Labute approximate surface area is 136 Å². The molecule has 2 aromatic rings. The van der Waals surface area contributed by atoms with Crippen molar-refractivity contribution in [2.24, 2.45) is 5.41 Å². The van der Waals surface area contributed by atoms with Gasteiger partial charge in [0.05, 0.1) is 11.5 Å². The highest BCUT2D eigenvalue weighted by atomic mass is 32.1. The molecule has 3 rings (SSSR count). The quantitative estimate of drug-likeness (QED) is 0.846. The molecule has 116 valence electrons. The molecule has 1 aliphatic rings. The van der Waals surface area contributed by atoms with Crippen molar-refractivity contribution >= 4 is 34.6 Å². The smallest absolute Gasteiger partial charge is 0.310 e. The van der Waals surface area contributed by atoms with Crippen LogP contribution in [-0.4, -0.2) is 17.0 Å². The summed E-state index contributed by atoms with van der Waals surface area (Å²) in [7, 11) is 0. The van der Waals surface area contributed by atoms with E-state index in [-0.39, 0.29) is 18.4 Å². The van der Waals surface area contributed by atoms with E-state index in [2.05, 4.69) is 5.32 Å². The van der Waals surface area contributed by atoms with Gasteiger partial charge in [0.15, 0.2) is 0 Å². The molecule has 1 aliphatic carbocycles. The number of carboxylic acids is 1. The molecule has 0 aliphatic heterocycles. The van der Waals surface area contributed by atoms with Crippen molar-refractivity contribution in [1.29, 1.82) is 0 Å². The van der Waals surface area contributed by atoms with Crippen LogP contribution in [0.3, 0.4) is 0 Å². The van der Waals surface area contributed by atoms with Crippen LogP contribution in [0.25, 0.3) is 0 Å². The number of aliphatic carboxylic acids is 1. The molecule has 0 aromatic carbocycles. The van der Waals surface area contributed by atoms with Crippen LogP contribution in [0, 0.1) is 5.41 Å². The summed E-state index contributed by atoms with van der Waals surface area (Å²) >= 11 is 3.18. The second kappa shape index (κ2) is 6.22. The number of hydrogen-bond acceptors (Lipinski definition) is 4. The van der Waals surface area contributed by atoms with Gasteiger partial charge in [0.25, 0.3) is 0 Å². The van der Waals surface area contributed by atoms with Gasteiger partial charge in [-0.2, -0.15) is 0 Å². The fourth-order valence-corrected chi connectivity index (χ4v) is 4.44. The Balaban J connectivity index is 1.74. The molecule has 1 fully saturated rings. The molecule has 1 amide bonds. The fraction of sp³-hybridized carbons (Fsp3) is 0.375.